The van der Waals surface area contributed by atoms with Crippen LogP contribution in [0.2, 0.25) is 0 Å². The fraction of sp³-hybridized carbons (Fsp3) is 0.136. The van der Waals surface area contributed by atoms with Crippen molar-refractivity contribution in [2.24, 2.45) is 0 Å². The Bertz CT molecular complexity index is 770. The topological polar surface area (TPSA) is 50.4 Å². The van der Waals surface area contributed by atoms with Crippen molar-refractivity contribution in [1.29, 1.82) is 0 Å². The van der Waals surface area contributed by atoms with Gasteiger partial charge < -0.3 is 0 Å². The van der Waals surface area contributed by atoms with Gasteiger partial charge in [-0.15, -0.1) is 0 Å². The van der Waals surface area contributed by atoms with Gasteiger partial charge in [-0.3, -0.25) is 14.9 Å². The smallest absolute Gasteiger partial charge is 0.263 e. The minimum Gasteiger partial charge on any atom is -0.287 e. The number of hydrogen-bond acceptors (Lipinski definition) is 3. The first-order valence-electron chi connectivity index (χ1n) is 8.66. The summed E-state index contributed by atoms with van der Waals surface area (Å²) >= 11 is 0. The van der Waals surface area contributed by atoms with Crippen LogP contribution in [0.5, 0.6) is 0 Å². The van der Waals surface area contributed by atoms with Crippen molar-refractivity contribution in [3.05, 3.63) is 108 Å². The maximum atomic E-state index is 12.2. The van der Waals surface area contributed by atoms with Crippen molar-refractivity contribution in [3.8, 4) is 0 Å². The van der Waals surface area contributed by atoms with E-state index < -0.39 is 11.6 Å². The maximum Gasteiger partial charge on any atom is 0.263 e. The summed E-state index contributed by atoms with van der Waals surface area (Å²) in [6, 6.07) is 30.1. The average molecular weight is 344 g/mol. The Hall–Kier alpha value is -2.95. The van der Waals surface area contributed by atoms with Crippen LogP contribution in [0.25, 0.3) is 0 Å². The highest BCUT2D eigenvalue weighted by molar-refractivity contribution is 5.82. The normalized spacial score (nSPS) is 17.1. The number of hydrogen-bond donors (Lipinski definition) is 2. The van der Waals surface area contributed by atoms with Gasteiger partial charge in [0.15, 0.2) is 0 Å². The summed E-state index contributed by atoms with van der Waals surface area (Å²) in [4.78, 5) is 17.4. The molecule has 4 heteroatoms. The predicted molar refractivity (Wildman–Crippen MR) is 100 cm³/mol. The second-order valence-electron chi connectivity index (χ2n) is 6.32. The van der Waals surface area contributed by atoms with Crippen molar-refractivity contribution >= 4 is 5.91 Å². The third-order valence-electron chi connectivity index (χ3n) is 4.75. The fourth-order valence-corrected chi connectivity index (χ4v) is 3.53. The number of carbonyl (C=O) groups is 1. The molecular weight excluding hydrogens is 324 g/mol. The minimum atomic E-state index is -0.667. The quantitative estimate of drug-likeness (QED) is 0.700. The number of amides is 1. The first-order valence-corrected chi connectivity index (χ1v) is 8.66. The van der Waals surface area contributed by atoms with E-state index in [1.807, 2.05) is 54.6 Å². The van der Waals surface area contributed by atoms with Crippen LogP contribution in [-0.2, 0) is 15.2 Å². The van der Waals surface area contributed by atoms with E-state index in [9.17, 15) is 4.79 Å². The van der Waals surface area contributed by atoms with Crippen LogP contribution in [-0.4, -0.2) is 18.6 Å². The van der Waals surface area contributed by atoms with E-state index in [0.717, 1.165) is 16.7 Å². The summed E-state index contributed by atoms with van der Waals surface area (Å²) in [5.74, 6) is -0.155. The van der Waals surface area contributed by atoms with Gasteiger partial charge in [0.1, 0.15) is 6.04 Å². The Morgan fingerprint density at radius 2 is 1.19 bits per heavy atom. The first kappa shape index (κ1) is 16.5. The van der Waals surface area contributed by atoms with Gasteiger partial charge in [0.2, 0.25) is 0 Å². The Kier molecular flexibility index (Phi) is 4.52. The number of hydroxylamine groups is 1. The van der Waals surface area contributed by atoms with E-state index in [0.29, 0.717) is 0 Å². The summed E-state index contributed by atoms with van der Waals surface area (Å²) < 4.78 is 0. The summed E-state index contributed by atoms with van der Waals surface area (Å²) in [7, 11) is 0. The van der Waals surface area contributed by atoms with E-state index in [2.05, 4.69) is 47.2 Å². The molecule has 130 valence electrons. The lowest BCUT2D eigenvalue weighted by Gasteiger charge is -2.38. The molecule has 1 amide bonds. The molecule has 0 aromatic heterocycles. The second kappa shape index (κ2) is 7.12. The van der Waals surface area contributed by atoms with Crippen molar-refractivity contribution < 1.29 is 9.63 Å². The molecule has 0 saturated carbocycles. The molecule has 3 aromatic rings. The zero-order valence-electron chi connectivity index (χ0n) is 14.3. The summed E-state index contributed by atoms with van der Waals surface area (Å²) in [5, 5.41) is 3.59. The molecule has 0 bridgehead atoms. The van der Waals surface area contributed by atoms with Gasteiger partial charge in [-0.1, -0.05) is 91.0 Å². The predicted octanol–water partition coefficient (Wildman–Crippen LogP) is 3.00. The summed E-state index contributed by atoms with van der Waals surface area (Å²) in [6.07, 6.45) is 0. The highest BCUT2D eigenvalue weighted by atomic mass is 16.7. The van der Waals surface area contributed by atoms with Gasteiger partial charge in [0.05, 0.1) is 12.1 Å². The minimum absolute atomic E-state index is 0.155. The molecule has 2 N–H and O–H groups in total. The third kappa shape index (κ3) is 2.90. The third-order valence-corrected chi connectivity index (χ3v) is 4.75. The Balaban J connectivity index is 1.95. The van der Waals surface area contributed by atoms with Gasteiger partial charge in [-0.05, 0) is 16.7 Å². The number of rotatable bonds is 5. The highest BCUT2D eigenvalue weighted by Gasteiger charge is 2.41. The van der Waals surface area contributed by atoms with Gasteiger partial charge in [-0.25, -0.2) is 5.48 Å². The monoisotopic (exact) mass is 344 g/mol. The van der Waals surface area contributed by atoms with Crippen molar-refractivity contribution in [3.63, 3.8) is 0 Å². The Morgan fingerprint density at radius 3 is 1.54 bits per heavy atom. The lowest BCUT2D eigenvalue weighted by molar-refractivity contribution is -0.125. The second-order valence-corrected chi connectivity index (χ2v) is 6.32. The highest BCUT2D eigenvalue weighted by Crippen LogP contribution is 2.37. The van der Waals surface area contributed by atoms with Crippen LogP contribution >= 0.6 is 0 Å². The van der Waals surface area contributed by atoms with Gasteiger partial charge in [-0.2, -0.15) is 0 Å². The van der Waals surface area contributed by atoms with Gasteiger partial charge in [0, 0.05) is 0 Å². The zero-order chi connectivity index (χ0) is 17.8. The van der Waals surface area contributed by atoms with E-state index in [1.165, 1.54) is 0 Å². The zero-order valence-corrected chi connectivity index (χ0v) is 14.3. The molecule has 1 fully saturated rings. The lowest BCUT2D eigenvalue weighted by Crippen LogP contribution is -2.53. The molecule has 1 aliphatic rings. The summed E-state index contributed by atoms with van der Waals surface area (Å²) in [5.41, 5.74) is 4.98. The standard InChI is InChI=1S/C22H20N2O2/c25-21-20(16-26-24-21)23-22(17-10-4-1-5-11-17,18-12-6-2-7-13-18)19-14-8-3-9-15-19/h1-15,20,23H,16H2,(H,24,25)/t20-/m1/s1. The molecular formula is C22H20N2O2. The maximum absolute atomic E-state index is 12.2. The van der Waals surface area contributed by atoms with E-state index >= 15 is 0 Å². The molecule has 1 aliphatic heterocycles. The molecule has 0 unspecified atom stereocenters. The SMILES string of the molecule is O=C1NOC[C@H]1NC(c1ccccc1)(c1ccccc1)c1ccccc1. The Morgan fingerprint density at radius 1 is 0.769 bits per heavy atom. The largest absolute Gasteiger partial charge is 0.287 e. The number of nitrogens with one attached hydrogen (secondary N) is 2. The van der Waals surface area contributed by atoms with E-state index in [-0.39, 0.29) is 12.5 Å². The van der Waals surface area contributed by atoms with Crippen LogP contribution in [0.4, 0.5) is 0 Å². The number of benzene rings is 3. The molecule has 0 spiro atoms. The Labute approximate surface area is 152 Å². The molecule has 4 nitrogen and oxygen atoms in total. The summed E-state index contributed by atoms with van der Waals surface area (Å²) in [6.45, 7) is 0.285. The fourth-order valence-electron chi connectivity index (χ4n) is 3.53. The van der Waals surface area contributed by atoms with Crippen LogP contribution in [0.1, 0.15) is 16.7 Å². The molecule has 1 saturated heterocycles. The van der Waals surface area contributed by atoms with Gasteiger partial charge >= 0.3 is 0 Å². The molecule has 1 heterocycles. The lowest BCUT2D eigenvalue weighted by atomic mass is 9.76. The number of carbonyl (C=O) groups excluding carboxylic acids is 1. The first-order chi connectivity index (χ1) is 12.8. The van der Waals surface area contributed by atoms with Crippen molar-refractivity contribution in [2.75, 3.05) is 6.61 Å². The van der Waals surface area contributed by atoms with Crippen molar-refractivity contribution in [2.45, 2.75) is 11.6 Å². The molecule has 26 heavy (non-hydrogen) atoms. The molecule has 0 aliphatic carbocycles. The van der Waals surface area contributed by atoms with Crippen LogP contribution < -0.4 is 10.8 Å². The van der Waals surface area contributed by atoms with Crippen LogP contribution in [0.3, 0.4) is 0 Å². The molecule has 3 aromatic carbocycles. The molecule has 1 atom stereocenters. The van der Waals surface area contributed by atoms with Gasteiger partial charge in [0.25, 0.3) is 5.91 Å². The van der Waals surface area contributed by atoms with Crippen molar-refractivity contribution in [1.82, 2.24) is 10.8 Å². The van der Waals surface area contributed by atoms with Crippen LogP contribution in [0, 0.1) is 0 Å². The average Bonchev–Trinajstić information content (AvgIpc) is 3.12. The molecule has 0 radical (unpaired) electrons. The molecule has 4 rings (SSSR count). The van der Waals surface area contributed by atoms with E-state index in [1.54, 1.807) is 0 Å². The van der Waals surface area contributed by atoms with E-state index in [4.69, 9.17) is 4.84 Å². The van der Waals surface area contributed by atoms with Crippen LogP contribution in [0.15, 0.2) is 91.0 Å².